The Labute approximate surface area is 205 Å². The molecule has 7 nitrogen and oxygen atoms in total. The molecule has 1 aromatic carbocycles. The van der Waals surface area contributed by atoms with E-state index in [-0.39, 0.29) is 11.2 Å². The topological polar surface area (TPSA) is 70.1 Å². The summed E-state index contributed by atoms with van der Waals surface area (Å²) in [7, 11) is 1.94. The number of piperidine rings is 1. The van der Waals surface area contributed by atoms with Gasteiger partial charge in [0.15, 0.2) is 0 Å². The molecule has 4 heterocycles. The van der Waals surface area contributed by atoms with Crippen LogP contribution in [0.15, 0.2) is 42.7 Å². The maximum atomic E-state index is 13.6. The van der Waals surface area contributed by atoms with Gasteiger partial charge in [-0.05, 0) is 60.9 Å². The van der Waals surface area contributed by atoms with Crippen LogP contribution in [0.25, 0.3) is 0 Å². The van der Waals surface area contributed by atoms with Crippen LogP contribution in [0.2, 0.25) is 0 Å². The van der Waals surface area contributed by atoms with Crippen molar-refractivity contribution in [3.05, 3.63) is 59.9 Å². The van der Waals surface area contributed by atoms with Gasteiger partial charge in [0.1, 0.15) is 23.3 Å². The van der Waals surface area contributed by atoms with E-state index in [0.717, 1.165) is 54.8 Å². The molecule has 3 aromatic rings. The summed E-state index contributed by atoms with van der Waals surface area (Å²) in [4.78, 5) is 14.9. The predicted molar refractivity (Wildman–Crippen MR) is 136 cm³/mol. The van der Waals surface area contributed by atoms with Crippen molar-refractivity contribution in [2.24, 2.45) is 17.8 Å². The molecule has 2 bridgehead atoms. The van der Waals surface area contributed by atoms with Crippen molar-refractivity contribution in [3.63, 3.8) is 0 Å². The fourth-order valence-corrected chi connectivity index (χ4v) is 6.53. The summed E-state index contributed by atoms with van der Waals surface area (Å²) in [5.41, 5.74) is 3.14. The predicted octanol–water partition coefficient (Wildman–Crippen LogP) is 4.58. The van der Waals surface area contributed by atoms with Crippen LogP contribution in [-0.4, -0.2) is 46.8 Å². The summed E-state index contributed by atoms with van der Waals surface area (Å²) < 4.78 is 13.6. The van der Waals surface area contributed by atoms with E-state index in [1.54, 1.807) is 6.20 Å². The van der Waals surface area contributed by atoms with E-state index in [4.69, 9.17) is 9.97 Å². The third-order valence-corrected chi connectivity index (χ3v) is 8.18. The van der Waals surface area contributed by atoms with Gasteiger partial charge < -0.3 is 15.1 Å². The van der Waals surface area contributed by atoms with Crippen molar-refractivity contribution in [1.29, 1.82) is 0 Å². The standard InChI is InChI=1S/C27H32FN7/c1-27(2)16-35(20-8-6-19(28)7-9-20)26-24(27)25(29-3)32-23(33-26)12-22-17-4-5-18(22)15-34(14-17)21-10-11-30-31-13-21/h6-11,13,17-18,22H,4-5,12,14-16H2,1-3H3,(H,29,32,33). The Morgan fingerprint density at radius 2 is 1.74 bits per heavy atom. The van der Waals surface area contributed by atoms with Gasteiger partial charge in [-0.1, -0.05) is 13.8 Å². The number of aromatic nitrogens is 4. The molecule has 6 rings (SSSR count). The number of fused-ring (bicyclic) bond motifs is 3. The molecule has 182 valence electrons. The highest BCUT2D eigenvalue weighted by Gasteiger charge is 2.44. The number of rotatable bonds is 5. The van der Waals surface area contributed by atoms with Gasteiger partial charge in [0, 0.05) is 49.8 Å². The highest BCUT2D eigenvalue weighted by atomic mass is 19.1. The fourth-order valence-electron chi connectivity index (χ4n) is 6.53. The minimum Gasteiger partial charge on any atom is -0.373 e. The molecule has 2 atom stereocenters. The quantitative estimate of drug-likeness (QED) is 0.582. The molecular weight excluding hydrogens is 441 g/mol. The van der Waals surface area contributed by atoms with Gasteiger partial charge in [0.2, 0.25) is 0 Å². The van der Waals surface area contributed by atoms with E-state index in [1.807, 2.05) is 25.4 Å². The number of hydrogen-bond acceptors (Lipinski definition) is 7. The van der Waals surface area contributed by atoms with Crippen LogP contribution in [0.1, 0.15) is 38.1 Å². The lowest BCUT2D eigenvalue weighted by Crippen LogP contribution is -2.43. The Hall–Kier alpha value is -3.29. The summed E-state index contributed by atoms with van der Waals surface area (Å²) in [6.07, 6.45) is 7.03. The van der Waals surface area contributed by atoms with E-state index in [0.29, 0.717) is 17.8 Å². The lowest BCUT2D eigenvalue weighted by atomic mass is 9.82. The number of anilines is 4. The average Bonchev–Trinajstić information content (AvgIpc) is 3.25. The zero-order valence-corrected chi connectivity index (χ0v) is 20.6. The Bertz CT molecular complexity index is 1200. The van der Waals surface area contributed by atoms with Crippen molar-refractivity contribution in [1.82, 2.24) is 20.2 Å². The maximum absolute atomic E-state index is 13.6. The largest absolute Gasteiger partial charge is 0.373 e. The van der Waals surface area contributed by atoms with Crippen molar-refractivity contribution in [2.75, 3.05) is 41.8 Å². The van der Waals surface area contributed by atoms with Gasteiger partial charge in [-0.3, -0.25) is 0 Å². The molecule has 2 aromatic heterocycles. The lowest BCUT2D eigenvalue weighted by molar-refractivity contribution is 0.265. The summed E-state index contributed by atoms with van der Waals surface area (Å²) in [6, 6.07) is 8.77. The van der Waals surface area contributed by atoms with Gasteiger partial charge in [-0.2, -0.15) is 10.2 Å². The smallest absolute Gasteiger partial charge is 0.142 e. The van der Waals surface area contributed by atoms with E-state index in [2.05, 4.69) is 45.2 Å². The summed E-state index contributed by atoms with van der Waals surface area (Å²) in [5.74, 6) is 4.37. The zero-order valence-electron chi connectivity index (χ0n) is 20.6. The summed E-state index contributed by atoms with van der Waals surface area (Å²) in [6.45, 7) is 7.33. The number of hydrogen-bond donors (Lipinski definition) is 1. The molecular formula is C27H32FN7. The molecule has 35 heavy (non-hydrogen) atoms. The van der Waals surface area contributed by atoms with Crippen LogP contribution in [-0.2, 0) is 11.8 Å². The lowest BCUT2D eigenvalue weighted by Gasteiger charge is -2.39. The van der Waals surface area contributed by atoms with Crippen LogP contribution in [0.5, 0.6) is 0 Å². The average molecular weight is 474 g/mol. The molecule has 8 heteroatoms. The van der Waals surface area contributed by atoms with E-state index >= 15 is 0 Å². The van der Waals surface area contributed by atoms with Crippen molar-refractivity contribution in [3.8, 4) is 0 Å². The van der Waals surface area contributed by atoms with E-state index in [9.17, 15) is 4.39 Å². The Balaban J connectivity index is 1.30. The van der Waals surface area contributed by atoms with Crippen LogP contribution in [0.3, 0.4) is 0 Å². The van der Waals surface area contributed by atoms with Crippen molar-refractivity contribution in [2.45, 2.75) is 38.5 Å². The van der Waals surface area contributed by atoms with Gasteiger partial charge in [0.05, 0.1) is 18.1 Å². The van der Waals surface area contributed by atoms with E-state index < -0.39 is 0 Å². The summed E-state index contributed by atoms with van der Waals surface area (Å²) >= 11 is 0. The third-order valence-electron chi connectivity index (χ3n) is 8.18. The van der Waals surface area contributed by atoms with Crippen molar-refractivity contribution >= 4 is 23.0 Å². The minimum atomic E-state index is -0.226. The SMILES string of the molecule is CNc1nc(CC2C3CCC2CN(c2ccnnc2)C3)nc2c1C(C)(C)CN2c1ccc(F)cc1. The van der Waals surface area contributed by atoms with E-state index in [1.165, 1.54) is 30.7 Å². The molecule has 1 saturated heterocycles. The molecule has 1 aliphatic carbocycles. The molecule has 0 radical (unpaired) electrons. The number of nitrogens with one attached hydrogen (secondary N) is 1. The molecule has 2 unspecified atom stereocenters. The molecule has 1 N–H and O–H groups in total. The fraction of sp³-hybridized carbons (Fsp3) is 0.481. The second-order valence-corrected chi connectivity index (χ2v) is 10.9. The molecule has 2 fully saturated rings. The zero-order chi connectivity index (χ0) is 24.2. The van der Waals surface area contributed by atoms with Gasteiger partial charge >= 0.3 is 0 Å². The molecule has 3 aliphatic rings. The van der Waals surface area contributed by atoms with Gasteiger partial charge in [0.25, 0.3) is 0 Å². The highest BCUT2D eigenvalue weighted by molar-refractivity contribution is 5.74. The first-order valence-electron chi connectivity index (χ1n) is 12.6. The summed E-state index contributed by atoms with van der Waals surface area (Å²) in [5, 5.41) is 11.4. The second-order valence-electron chi connectivity index (χ2n) is 10.9. The molecule has 0 amide bonds. The number of nitrogens with zero attached hydrogens (tertiary/aromatic N) is 6. The van der Waals surface area contributed by atoms with Crippen LogP contribution in [0.4, 0.5) is 27.4 Å². The monoisotopic (exact) mass is 473 g/mol. The van der Waals surface area contributed by atoms with Crippen molar-refractivity contribution < 1.29 is 4.39 Å². The minimum absolute atomic E-state index is 0.121. The first kappa shape index (κ1) is 22.2. The van der Waals surface area contributed by atoms with Gasteiger partial charge in [-0.25, -0.2) is 14.4 Å². The second kappa shape index (κ2) is 8.43. The number of benzene rings is 1. The first-order valence-corrected chi connectivity index (χ1v) is 12.6. The maximum Gasteiger partial charge on any atom is 0.142 e. The Kier molecular flexibility index (Phi) is 5.34. The number of halogens is 1. The Morgan fingerprint density at radius 1 is 1.00 bits per heavy atom. The molecule has 2 aliphatic heterocycles. The molecule has 0 spiro atoms. The van der Waals surface area contributed by atoms with Crippen LogP contribution in [0, 0.1) is 23.6 Å². The third kappa shape index (κ3) is 3.89. The normalized spacial score (nSPS) is 24.5. The molecule has 1 saturated carbocycles. The van der Waals surface area contributed by atoms with Crippen LogP contribution < -0.4 is 15.1 Å². The van der Waals surface area contributed by atoms with Crippen LogP contribution >= 0.6 is 0 Å². The first-order chi connectivity index (χ1) is 16.9. The Morgan fingerprint density at radius 3 is 2.40 bits per heavy atom. The van der Waals surface area contributed by atoms with Gasteiger partial charge in [-0.15, -0.1) is 0 Å². The highest BCUT2D eigenvalue weighted by Crippen LogP contribution is 2.48.